The van der Waals surface area contributed by atoms with E-state index in [1.807, 2.05) is 84.3 Å². The molecule has 3 fully saturated rings. The molecule has 0 saturated carbocycles. The summed E-state index contributed by atoms with van der Waals surface area (Å²) in [6.07, 6.45) is 2.34. The van der Waals surface area contributed by atoms with E-state index in [2.05, 4.69) is 70.8 Å². The van der Waals surface area contributed by atoms with Crippen molar-refractivity contribution in [1.82, 2.24) is 40.4 Å². The first-order valence-corrected chi connectivity index (χ1v) is 26.0. The number of benzene rings is 2. The summed E-state index contributed by atoms with van der Waals surface area (Å²) >= 11 is 1.61. The highest BCUT2D eigenvalue weighted by Crippen LogP contribution is 2.39. The third-order valence-electron chi connectivity index (χ3n) is 14.5. The third kappa shape index (κ3) is 11.1. The molecule has 0 bridgehead atoms. The molecule has 5 aromatic rings. The van der Waals surface area contributed by atoms with Crippen molar-refractivity contribution >= 4 is 34.7 Å². The van der Waals surface area contributed by atoms with E-state index in [9.17, 15) is 14.7 Å². The normalized spacial score (nSPS) is 22.1. The number of likely N-dealkylation sites (tertiary alicyclic amines) is 2. The van der Waals surface area contributed by atoms with E-state index in [-0.39, 0.29) is 41.7 Å². The monoisotopic (exact) mass is 975 g/mol. The maximum Gasteiger partial charge on any atom is 0.254 e. The number of thiazole rings is 1. The number of phenolic OH excluding ortho intramolecular Hbond substituents is 1. The molecular formula is C53H70N10O6S. The van der Waals surface area contributed by atoms with Crippen molar-refractivity contribution in [3.05, 3.63) is 83.2 Å². The number of anilines is 2. The zero-order valence-electron chi connectivity index (χ0n) is 41.9. The van der Waals surface area contributed by atoms with Crippen LogP contribution in [0.1, 0.15) is 96.7 Å². The molecule has 3 N–H and O–H groups in total. The van der Waals surface area contributed by atoms with Crippen molar-refractivity contribution in [3.8, 4) is 33.3 Å². The number of carbonyl (C=O) groups is 2. The van der Waals surface area contributed by atoms with Gasteiger partial charge >= 0.3 is 0 Å². The van der Waals surface area contributed by atoms with Gasteiger partial charge in [0.25, 0.3) is 5.88 Å². The van der Waals surface area contributed by atoms with Gasteiger partial charge in [-0.25, -0.2) is 4.98 Å². The molecule has 17 heteroatoms. The van der Waals surface area contributed by atoms with E-state index in [0.717, 1.165) is 91.9 Å². The number of amides is 2. The van der Waals surface area contributed by atoms with Gasteiger partial charge in [-0.3, -0.25) is 19.4 Å². The van der Waals surface area contributed by atoms with Crippen LogP contribution < -0.4 is 20.3 Å². The average molecular weight is 975 g/mol. The van der Waals surface area contributed by atoms with Gasteiger partial charge in [0.15, 0.2) is 11.6 Å². The minimum atomic E-state index is -0.714. The number of piperidine rings is 1. The first kappa shape index (κ1) is 49.4. The van der Waals surface area contributed by atoms with E-state index >= 15 is 0 Å². The van der Waals surface area contributed by atoms with Gasteiger partial charge in [0, 0.05) is 63.4 Å². The minimum absolute atomic E-state index is 0.136. The molecule has 7 heterocycles. The summed E-state index contributed by atoms with van der Waals surface area (Å²) in [6, 6.07) is 18.8. The van der Waals surface area contributed by atoms with E-state index in [4.69, 9.17) is 14.0 Å². The largest absolute Gasteiger partial charge is 0.507 e. The Morgan fingerprint density at radius 2 is 1.76 bits per heavy atom. The van der Waals surface area contributed by atoms with Crippen molar-refractivity contribution in [3.63, 3.8) is 0 Å². The van der Waals surface area contributed by atoms with Crippen LogP contribution in [-0.2, 0) is 14.3 Å². The molecule has 3 saturated heterocycles. The number of phenols is 1. The topological polar surface area (TPSA) is 175 Å². The molecule has 6 unspecified atom stereocenters. The summed E-state index contributed by atoms with van der Waals surface area (Å²) in [5, 5.41) is 30.5. The molecule has 9 rings (SSSR count). The smallest absolute Gasteiger partial charge is 0.254 e. The molecule has 2 amide bonds. The number of aryl methyl sites for hydroxylation is 1. The van der Waals surface area contributed by atoms with Crippen LogP contribution in [0.2, 0.25) is 0 Å². The van der Waals surface area contributed by atoms with Crippen LogP contribution in [0.25, 0.3) is 21.7 Å². The maximum absolute atomic E-state index is 14.6. The minimum Gasteiger partial charge on any atom is -0.507 e. The van der Waals surface area contributed by atoms with Crippen LogP contribution >= 0.6 is 11.3 Å². The number of rotatable bonds is 15. The number of hydrogen-bond acceptors (Lipinski definition) is 15. The summed E-state index contributed by atoms with van der Waals surface area (Å²) in [6.45, 7) is 23.6. The Morgan fingerprint density at radius 3 is 2.47 bits per heavy atom. The fourth-order valence-corrected chi connectivity index (χ4v) is 11.6. The second-order valence-electron chi connectivity index (χ2n) is 21.1. The predicted molar refractivity (Wildman–Crippen MR) is 272 cm³/mol. The quantitative estimate of drug-likeness (QED) is 0.0929. The van der Waals surface area contributed by atoms with E-state index in [1.165, 1.54) is 0 Å². The van der Waals surface area contributed by atoms with Crippen molar-refractivity contribution in [2.24, 2.45) is 11.8 Å². The lowest BCUT2D eigenvalue weighted by Gasteiger charge is -2.49. The van der Waals surface area contributed by atoms with Gasteiger partial charge in [-0.2, -0.15) is 0 Å². The second-order valence-corrected chi connectivity index (χ2v) is 21.9. The lowest BCUT2D eigenvalue weighted by atomic mass is 9.91. The van der Waals surface area contributed by atoms with Gasteiger partial charge in [-0.1, -0.05) is 50.2 Å². The molecule has 16 nitrogen and oxygen atoms in total. The molecule has 0 aliphatic carbocycles. The zero-order chi connectivity index (χ0) is 49.3. The van der Waals surface area contributed by atoms with Gasteiger partial charge < -0.3 is 39.5 Å². The molecule has 6 atom stereocenters. The summed E-state index contributed by atoms with van der Waals surface area (Å²) in [7, 11) is 0. The van der Waals surface area contributed by atoms with Gasteiger partial charge in [-0.05, 0) is 114 Å². The SMILES string of the molecule is Cc1ncsc1-c1ccc(C(C)NC(=O)C2CC(OC(C)(C)C)CN2C(=O)C(c2cc(OCCN3CCC(CN4CCN5c6cc(-c7ccccc7O)nnc6NC(C)C5C4)CC3)no2)C(C)C)cc1. The number of piperazine rings is 1. The van der Waals surface area contributed by atoms with Crippen LogP contribution in [-0.4, -0.2) is 141 Å². The Bertz CT molecular complexity index is 2590. The number of aromatic nitrogens is 4. The number of carbonyl (C=O) groups excluding carboxylic acids is 2. The lowest BCUT2D eigenvalue weighted by molar-refractivity contribution is -0.141. The summed E-state index contributed by atoms with van der Waals surface area (Å²) in [4.78, 5) is 43.6. The zero-order valence-corrected chi connectivity index (χ0v) is 42.7. The van der Waals surface area contributed by atoms with Crippen molar-refractivity contribution in [2.45, 2.75) is 116 Å². The number of ether oxygens (including phenoxy) is 2. The van der Waals surface area contributed by atoms with Gasteiger partial charge in [0.2, 0.25) is 11.8 Å². The Labute approximate surface area is 416 Å². The second kappa shape index (κ2) is 21.0. The highest BCUT2D eigenvalue weighted by Gasteiger charge is 2.45. The van der Waals surface area contributed by atoms with E-state index < -0.39 is 17.6 Å². The average Bonchev–Trinajstić information content (AvgIpc) is 4.09. The fourth-order valence-electron chi connectivity index (χ4n) is 10.8. The van der Waals surface area contributed by atoms with E-state index in [1.54, 1.807) is 28.4 Å². The van der Waals surface area contributed by atoms with Crippen molar-refractivity contribution in [1.29, 1.82) is 0 Å². The molecular weight excluding hydrogens is 905 g/mol. The molecule has 0 spiro atoms. The highest BCUT2D eigenvalue weighted by molar-refractivity contribution is 7.13. The van der Waals surface area contributed by atoms with E-state index in [0.29, 0.717) is 54.4 Å². The number of nitrogens with one attached hydrogen (secondary N) is 2. The lowest BCUT2D eigenvalue weighted by Crippen LogP contribution is -2.61. The number of nitrogens with zero attached hydrogens (tertiary/aromatic N) is 8. The Hall–Kier alpha value is -5.62. The number of para-hydroxylation sites is 1. The Kier molecular flexibility index (Phi) is 14.8. The molecule has 70 heavy (non-hydrogen) atoms. The maximum atomic E-state index is 14.6. The summed E-state index contributed by atoms with van der Waals surface area (Å²) < 4.78 is 18.4. The van der Waals surface area contributed by atoms with Crippen molar-refractivity contribution in [2.75, 3.05) is 69.2 Å². The third-order valence-corrected chi connectivity index (χ3v) is 15.5. The predicted octanol–water partition coefficient (Wildman–Crippen LogP) is 7.77. The van der Waals surface area contributed by atoms with Crippen LogP contribution in [0.5, 0.6) is 11.6 Å². The fraction of sp³-hybridized carbons (Fsp3) is 0.547. The molecule has 4 aliphatic rings. The Balaban J connectivity index is 0.756. The van der Waals surface area contributed by atoms with Gasteiger partial charge in [0.1, 0.15) is 24.3 Å². The number of aromatic hydroxyl groups is 1. The molecule has 4 aliphatic heterocycles. The first-order chi connectivity index (χ1) is 33.6. The molecule has 374 valence electrons. The van der Waals surface area contributed by atoms with Crippen LogP contribution in [0.15, 0.2) is 70.7 Å². The first-order valence-electron chi connectivity index (χ1n) is 25.1. The summed E-state index contributed by atoms with van der Waals surface area (Å²) in [5.74, 6) is 1.20. The van der Waals surface area contributed by atoms with Crippen LogP contribution in [0.3, 0.4) is 0 Å². The van der Waals surface area contributed by atoms with Crippen molar-refractivity contribution < 1.29 is 28.7 Å². The summed E-state index contributed by atoms with van der Waals surface area (Å²) in [5.41, 5.74) is 6.87. The van der Waals surface area contributed by atoms with Gasteiger partial charge in [0.05, 0.1) is 51.3 Å². The molecule has 3 aromatic heterocycles. The van der Waals surface area contributed by atoms with Crippen LogP contribution in [0.4, 0.5) is 11.5 Å². The highest BCUT2D eigenvalue weighted by atomic mass is 32.1. The van der Waals surface area contributed by atoms with Gasteiger partial charge in [-0.15, -0.1) is 21.5 Å². The van der Waals surface area contributed by atoms with Crippen LogP contribution in [0, 0.1) is 18.8 Å². The molecule has 2 aromatic carbocycles. The standard InChI is InChI=1S/C53H70N10O6S/c1-32(2)48(52(66)63-29-39(68-53(6,7)8)25-43(63)51(65)56-33(3)37-13-15-38(16-14-37)49-35(5)54-31-70-49)46-27-47(59-69-46)67-24-23-60-19-17-36(18-20-60)28-61-21-22-62-42-26-41(40-11-9-10-12-45(40)64)57-58-50(42)55-34(4)44(62)30-61/h9-16,26-27,31-34,36,39,43-44,48,64H,17-25,28-30H2,1-8H3,(H,55,58)(H,56,65). The number of hydrogen-bond donors (Lipinski definition) is 3. The number of fused-ring (bicyclic) bond motifs is 3. The Morgan fingerprint density at radius 1 is 0.986 bits per heavy atom. The molecule has 0 radical (unpaired) electrons.